The van der Waals surface area contributed by atoms with Crippen LogP contribution in [0.5, 0.6) is 0 Å². The molecule has 6 heteroatoms. The van der Waals surface area contributed by atoms with Gasteiger partial charge in [0, 0.05) is 13.5 Å². The molecule has 0 saturated carbocycles. The molecule has 0 aliphatic carbocycles. The molecular weight excluding hydrogens is 526 g/mol. The van der Waals surface area contributed by atoms with Crippen LogP contribution in [0.4, 0.5) is 0 Å². The van der Waals surface area contributed by atoms with E-state index >= 15 is 0 Å². The average molecular weight is 600 g/mol. The van der Waals surface area contributed by atoms with Gasteiger partial charge in [-0.25, -0.2) is 0 Å². The van der Waals surface area contributed by atoms with Crippen molar-refractivity contribution in [2.75, 3.05) is 20.5 Å². The zero-order chi connectivity index (χ0) is 30.9. The monoisotopic (exact) mass is 600 g/mol. The first-order valence-electron chi connectivity index (χ1n) is 18.3. The molecule has 0 aliphatic heterocycles. The van der Waals surface area contributed by atoms with E-state index in [-0.39, 0.29) is 19.3 Å². The van der Waals surface area contributed by atoms with Crippen LogP contribution in [-0.4, -0.2) is 54.9 Å². The van der Waals surface area contributed by atoms with Crippen LogP contribution < -0.4 is 5.32 Å². The quantitative estimate of drug-likeness (QED) is 0.0506. The number of hydrogen-bond acceptors (Lipinski definition) is 5. The molecule has 1 amide bonds. The SMILES string of the molecule is CCCCCCCCCCCCCCCC(=O)N[C@@H](CO)[C@H](O)[C@@H](CCCCCCCCCCCCCC)OCOC. The second kappa shape index (κ2) is 33.2. The topological polar surface area (TPSA) is 88.0 Å². The Hall–Kier alpha value is -0.690. The number of rotatable bonds is 34. The van der Waals surface area contributed by atoms with Gasteiger partial charge in [0.15, 0.2) is 0 Å². The third-order valence-corrected chi connectivity index (χ3v) is 8.59. The predicted octanol–water partition coefficient (Wildman–Crippen LogP) is 9.39. The highest BCUT2D eigenvalue weighted by molar-refractivity contribution is 5.76. The smallest absolute Gasteiger partial charge is 0.220 e. The number of methoxy groups -OCH3 is 1. The van der Waals surface area contributed by atoms with Crippen LogP contribution in [0, 0.1) is 0 Å². The summed E-state index contributed by atoms with van der Waals surface area (Å²) in [5.74, 6) is -0.105. The van der Waals surface area contributed by atoms with Gasteiger partial charge >= 0.3 is 0 Å². The molecular formula is C36H73NO5. The van der Waals surface area contributed by atoms with Crippen molar-refractivity contribution in [1.82, 2.24) is 5.32 Å². The summed E-state index contributed by atoms with van der Waals surface area (Å²) in [6.07, 6.45) is 31.5. The van der Waals surface area contributed by atoms with Gasteiger partial charge in [0.05, 0.1) is 18.8 Å². The summed E-state index contributed by atoms with van der Waals surface area (Å²) in [6, 6.07) is -0.723. The summed E-state index contributed by atoms with van der Waals surface area (Å²) in [6.45, 7) is 4.30. The van der Waals surface area contributed by atoms with E-state index in [9.17, 15) is 15.0 Å². The maximum absolute atomic E-state index is 12.5. The van der Waals surface area contributed by atoms with E-state index in [0.717, 1.165) is 25.7 Å². The summed E-state index contributed by atoms with van der Waals surface area (Å²) >= 11 is 0. The van der Waals surface area contributed by atoms with Crippen LogP contribution in [0.3, 0.4) is 0 Å². The summed E-state index contributed by atoms with van der Waals surface area (Å²) in [4.78, 5) is 12.5. The lowest BCUT2D eigenvalue weighted by molar-refractivity contribution is -0.134. The summed E-state index contributed by atoms with van der Waals surface area (Å²) in [5.41, 5.74) is 0. The molecule has 0 unspecified atom stereocenters. The fourth-order valence-electron chi connectivity index (χ4n) is 5.78. The average Bonchev–Trinajstić information content (AvgIpc) is 3.00. The molecule has 0 spiro atoms. The third-order valence-electron chi connectivity index (χ3n) is 8.59. The van der Waals surface area contributed by atoms with E-state index in [4.69, 9.17) is 9.47 Å². The first-order valence-corrected chi connectivity index (χ1v) is 18.3. The standard InChI is InChI=1S/C36H73NO5/c1-4-6-8-10-12-14-16-18-20-22-24-26-28-30-35(39)37-33(31-38)36(40)34(42-32-41-3)29-27-25-23-21-19-17-15-13-11-9-7-5-2/h33-34,36,38,40H,4-32H2,1-3H3,(H,37,39)/t33-,34+,36-/m0/s1. The van der Waals surface area contributed by atoms with E-state index in [2.05, 4.69) is 19.2 Å². The van der Waals surface area contributed by atoms with E-state index in [1.165, 1.54) is 135 Å². The van der Waals surface area contributed by atoms with E-state index in [1.807, 2.05) is 0 Å². The Kier molecular flexibility index (Phi) is 32.7. The molecule has 0 aliphatic rings. The Labute approximate surface area is 261 Å². The van der Waals surface area contributed by atoms with E-state index in [0.29, 0.717) is 12.8 Å². The molecule has 0 aromatic rings. The normalized spacial score (nSPS) is 13.7. The van der Waals surface area contributed by atoms with Crippen LogP contribution in [0.15, 0.2) is 0 Å². The maximum Gasteiger partial charge on any atom is 0.220 e. The summed E-state index contributed by atoms with van der Waals surface area (Å²) in [7, 11) is 1.56. The van der Waals surface area contributed by atoms with Gasteiger partial charge in [-0.15, -0.1) is 0 Å². The molecule has 0 saturated heterocycles. The second-order valence-corrected chi connectivity index (χ2v) is 12.6. The summed E-state index contributed by atoms with van der Waals surface area (Å²) in [5, 5.41) is 23.7. The molecule has 0 fully saturated rings. The number of aliphatic hydroxyl groups is 2. The summed E-state index contributed by atoms with van der Waals surface area (Å²) < 4.78 is 10.8. The number of aliphatic hydroxyl groups excluding tert-OH is 2. The lowest BCUT2D eigenvalue weighted by atomic mass is 9.99. The molecule has 0 aromatic carbocycles. The van der Waals surface area contributed by atoms with Gasteiger partial charge in [-0.1, -0.05) is 168 Å². The minimum absolute atomic E-state index is 0.0883. The first-order chi connectivity index (χ1) is 20.6. The molecule has 0 bridgehead atoms. The Balaban J connectivity index is 4.03. The number of hydrogen-bond donors (Lipinski definition) is 3. The zero-order valence-electron chi connectivity index (χ0n) is 28.4. The third kappa shape index (κ3) is 26.9. The fraction of sp³-hybridized carbons (Fsp3) is 0.972. The van der Waals surface area contributed by atoms with Crippen molar-refractivity contribution in [1.29, 1.82) is 0 Å². The van der Waals surface area contributed by atoms with Gasteiger partial charge in [0.25, 0.3) is 0 Å². The largest absolute Gasteiger partial charge is 0.394 e. The van der Waals surface area contributed by atoms with Gasteiger partial charge in [-0.2, -0.15) is 0 Å². The van der Waals surface area contributed by atoms with Crippen LogP contribution in [-0.2, 0) is 14.3 Å². The Morgan fingerprint density at radius 3 is 1.38 bits per heavy atom. The second-order valence-electron chi connectivity index (χ2n) is 12.6. The first kappa shape index (κ1) is 41.3. The molecule has 252 valence electrons. The molecule has 42 heavy (non-hydrogen) atoms. The Bertz CT molecular complexity index is 547. The minimum Gasteiger partial charge on any atom is -0.394 e. The van der Waals surface area contributed by atoms with E-state index in [1.54, 1.807) is 7.11 Å². The van der Waals surface area contributed by atoms with Crippen molar-refractivity contribution in [3.63, 3.8) is 0 Å². The number of unbranched alkanes of at least 4 members (excludes halogenated alkanes) is 23. The molecule has 3 N–H and O–H groups in total. The number of nitrogens with one attached hydrogen (secondary N) is 1. The van der Waals surface area contributed by atoms with Crippen molar-refractivity contribution in [2.45, 2.75) is 205 Å². The number of amides is 1. The maximum atomic E-state index is 12.5. The zero-order valence-corrected chi connectivity index (χ0v) is 28.4. The van der Waals surface area contributed by atoms with Gasteiger partial charge in [0.2, 0.25) is 5.91 Å². The minimum atomic E-state index is -0.964. The Morgan fingerprint density at radius 1 is 0.619 bits per heavy atom. The molecule has 6 nitrogen and oxygen atoms in total. The number of carbonyl (C=O) groups excluding carboxylic acids is 1. The van der Waals surface area contributed by atoms with Gasteiger partial charge in [-0.05, 0) is 12.8 Å². The van der Waals surface area contributed by atoms with Crippen LogP contribution in [0.2, 0.25) is 0 Å². The molecule has 3 atom stereocenters. The van der Waals surface area contributed by atoms with Crippen molar-refractivity contribution in [3.8, 4) is 0 Å². The lowest BCUT2D eigenvalue weighted by Crippen LogP contribution is -2.51. The molecule has 0 aromatic heterocycles. The number of ether oxygens (including phenoxy) is 2. The predicted molar refractivity (Wildman–Crippen MR) is 178 cm³/mol. The highest BCUT2D eigenvalue weighted by Gasteiger charge is 2.29. The van der Waals surface area contributed by atoms with Crippen molar-refractivity contribution in [3.05, 3.63) is 0 Å². The fourth-order valence-corrected chi connectivity index (χ4v) is 5.78. The number of carbonyl (C=O) groups is 1. The lowest BCUT2D eigenvalue weighted by Gasteiger charge is -2.29. The van der Waals surface area contributed by atoms with Crippen LogP contribution in [0.25, 0.3) is 0 Å². The highest BCUT2D eigenvalue weighted by atomic mass is 16.7. The van der Waals surface area contributed by atoms with Crippen LogP contribution in [0.1, 0.15) is 187 Å². The van der Waals surface area contributed by atoms with Gasteiger partial charge in [-0.3, -0.25) is 4.79 Å². The molecule has 0 rings (SSSR count). The van der Waals surface area contributed by atoms with Gasteiger partial charge < -0.3 is 25.0 Å². The van der Waals surface area contributed by atoms with Crippen molar-refractivity contribution < 1.29 is 24.5 Å². The van der Waals surface area contributed by atoms with Crippen molar-refractivity contribution >= 4 is 5.91 Å². The van der Waals surface area contributed by atoms with Crippen LogP contribution >= 0.6 is 0 Å². The molecule has 0 heterocycles. The molecule has 0 radical (unpaired) electrons. The highest BCUT2D eigenvalue weighted by Crippen LogP contribution is 2.17. The van der Waals surface area contributed by atoms with Gasteiger partial charge in [0.1, 0.15) is 12.9 Å². The van der Waals surface area contributed by atoms with E-state index < -0.39 is 18.2 Å². The Morgan fingerprint density at radius 2 is 1.00 bits per heavy atom. The van der Waals surface area contributed by atoms with Crippen molar-refractivity contribution in [2.24, 2.45) is 0 Å².